The number of hydrogen-bond donors (Lipinski definition) is 2. The molecule has 0 aromatic carbocycles. The highest BCUT2D eigenvalue weighted by molar-refractivity contribution is 5.21. The van der Waals surface area contributed by atoms with Crippen LogP contribution in [-0.4, -0.2) is 22.3 Å². The lowest BCUT2D eigenvalue weighted by atomic mass is 9.73. The van der Waals surface area contributed by atoms with E-state index in [0.29, 0.717) is 35.9 Å². The molecule has 3 rings (SSSR count). The van der Waals surface area contributed by atoms with Crippen molar-refractivity contribution >= 4 is 6.01 Å². The average Bonchev–Trinajstić information content (AvgIpc) is 3.09. The molecule has 5 heteroatoms. The lowest BCUT2D eigenvalue weighted by molar-refractivity contribution is 0.214. The maximum Gasteiger partial charge on any atom is 0.315 e. The van der Waals surface area contributed by atoms with Gasteiger partial charge in [0, 0.05) is 12.1 Å². The molecule has 1 heterocycles. The minimum atomic E-state index is 0.305. The van der Waals surface area contributed by atoms with Gasteiger partial charge in [0.05, 0.1) is 6.54 Å². The fourth-order valence-electron chi connectivity index (χ4n) is 2.81. The van der Waals surface area contributed by atoms with Crippen molar-refractivity contribution in [1.29, 1.82) is 0 Å². The average molecular weight is 264 g/mol. The van der Waals surface area contributed by atoms with Gasteiger partial charge in [-0.05, 0) is 31.1 Å². The van der Waals surface area contributed by atoms with Crippen LogP contribution in [0.5, 0.6) is 0 Å². The molecule has 2 N–H and O–H groups in total. The lowest BCUT2D eigenvalue weighted by Crippen LogP contribution is -2.39. The summed E-state index contributed by atoms with van der Waals surface area (Å²) in [4.78, 5) is 0. The molecule has 2 saturated carbocycles. The Labute approximate surface area is 114 Å². The van der Waals surface area contributed by atoms with E-state index in [1.165, 1.54) is 38.5 Å². The normalized spacial score (nSPS) is 26.3. The summed E-state index contributed by atoms with van der Waals surface area (Å²) in [6, 6.07) is 1.68. The Morgan fingerprint density at radius 3 is 2.79 bits per heavy atom. The lowest BCUT2D eigenvalue weighted by Gasteiger charge is -2.38. The zero-order chi connectivity index (χ0) is 13.3. The molecule has 2 aliphatic rings. The maximum absolute atomic E-state index is 5.66. The van der Waals surface area contributed by atoms with Crippen LogP contribution >= 0.6 is 0 Å². The number of anilines is 1. The van der Waals surface area contributed by atoms with Crippen molar-refractivity contribution in [2.45, 2.75) is 71.0 Å². The first-order valence-corrected chi connectivity index (χ1v) is 7.46. The summed E-state index contributed by atoms with van der Waals surface area (Å²) in [7, 11) is 0. The maximum atomic E-state index is 5.66. The SMILES string of the molecule is CC1(C)CCCCC1Nc1nnc(CNC2CC2)o1. The third-order valence-electron chi connectivity index (χ3n) is 4.39. The molecule has 106 valence electrons. The van der Waals surface area contributed by atoms with Gasteiger partial charge in [-0.25, -0.2) is 0 Å². The molecule has 1 aromatic rings. The van der Waals surface area contributed by atoms with Gasteiger partial charge in [-0.2, -0.15) is 0 Å². The molecular weight excluding hydrogens is 240 g/mol. The van der Waals surface area contributed by atoms with Gasteiger partial charge >= 0.3 is 6.01 Å². The summed E-state index contributed by atoms with van der Waals surface area (Å²) in [6.07, 6.45) is 7.60. The highest BCUT2D eigenvalue weighted by Crippen LogP contribution is 2.37. The first-order valence-electron chi connectivity index (χ1n) is 7.46. The van der Waals surface area contributed by atoms with Gasteiger partial charge in [-0.1, -0.05) is 31.8 Å². The largest absolute Gasteiger partial charge is 0.407 e. The Hall–Kier alpha value is -1.10. The molecule has 2 aliphatic carbocycles. The topological polar surface area (TPSA) is 63.0 Å². The molecule has 1 atom stereocenters. The van der Waals surface area contributed by atoms with Gasteiger partial charge in [-0.15, -0.1) is 5.10 Å². The minimum Gasteiger partial charge on any atom is -0.407 e. The van der Waals surface area contributed by atoms with Crippen molar-refractivity contribution < 1.29 is 4.42 Å². The zero-order valence-electron chi connectivity index (χ0n) is 11.9. The Kier molecular flexibility index (Phi) is 3.48. The number of nitrogens with zero attached hydrogens (tertiary/aromatic N) is 2. The summed E-state index contributed by atoms with van der Waals surface area (Å²) >= 11 is 0. The van der Waals surface area contributed by atoms with E-state index < -0.39 is 0 Å². The van der Waals surface area contributed by atoms with Crippen molar-refractivity contribution in [2.24, 2.45) is 5.41 Å². The van der Waals surface area contributed by atoms with Gasteiger partial charge in [0.1, 0.15) is 0 Å². The first-order chi connectivity index (χ1) is 9.13. The van der Waals surface area contributed by atoms with Gasteiger partial charge in [0.15, 0.2) is 0 Å². The van der Waals surface area contributed by atoms with E-state index in [4.69, 9.17) is 4.42 Å². The molecule has 0 aliphatic heterocycles. The fourth-order valence-corrected chi connectivity index (χ4v) is 2.81. The predicted molar refractivity (Wildman–Crippen MR) is 73.8 cm³/mol. The second-order valence-corrected chi connectivity index (χ2v) is 6.59. The van der Waals surface area contributed by atoms with Crippen molar-refractivity contribution in [1.82, 2.24) is 15.5 Å². The van der Waals surface area contributed by atoms with Gasteiger partial charge in [0.25, 0.3) is 0 Å². The van der Waals surface area contributed by atoms with Crippen molar-refractivity contribution in [3.63, 3.8) is 0 Å². The second kappa shape index (κ2) is 5.12. The van der Waals surface area contributed by atoms with Crippen LogP contribution in [0.1, 0.15) is 58.3 Å². The van der Waals surface area contributed by atoms with E-state index in [1.54, 1.807) is 0 Å². The van der Waals surface area contributed by atoms with Gasteiger partial charge in [0.2, 0.25) is 5.89 Å². The van der Waals surface area contributed by atoms with Crippen LogP contribution < -0.4 is 10.6 Å². The Morgan fingerprint density at radius 1 is 1.21 bits per heavy atom. The van der Waals surface area contributed by atoms with Crippen LogP contribution in [0.4, 0.5) is 6.01 Å². The molecule has 0 amide bonds. The summed E-state index contributed by atoms with van der Waals surface area (Å²) in [5.41, 5.74) is 0.305. The van der Waals surface area contributed by atoms with E-state index >= 15 is 0 Å². The quantitative estimate of drug-likeness (QED) is 0.856. The van der Waals surface area contributed by atoms with E-state index in [1.807, 2.05) is 0 Å². The van der Waals surface area contributed by atoms with Gasteiger partial charge < -0.3 is 15.1 Å². The highest BCUT2D eigenvalue weighted by atomic mass is 16.4. The van der Waals surface area contributed by atoms with Crippen LogP contribution in [0.3, 0.4) is 0 Å². The Morgan fingerprint density at radius 2 is 2.05 bits per heavy atom. The summed E-state index contributed by atoms with van der Waals surface area (Å²) in [6.45, 7) is 5.32. The molecule has 0 saturated heterocycles. The Balaban J connectivity index is 1.56. The molecule has 0 radical (unpaired) electrons. The summed E-state index contributed by atoms with van der Waals surface area (Å²) < 4.78 is 5.66. The van der Waals surface area contributed by atoms with Crippen LogP contribution in [-0.2, 0) is 6.54 Å². The van der Waals surface area contributed by atoms with E-state index in [9.17, 15) is 0 Å². The minimum absolute atomic E-state index is 0.305. The van der Waals surface area contributed by atoms with E-state index in [0.717, 1.165) is 0 Å². The van der Waals surface area contributed by atoms with Crippen molar-refractivity contribution in [2.75, 3.05) is 5.32 Å². The molecule has 1 unspecified atom stereocenters. The van der Waals surface area contributed by atoms with Crippen LogP contribution in [0, 0.1) is 5.41 Å². The number of aromatic nitrogens is 2. The zero-order valence-corrected chi connectivity index (χ0v) is 11.9. The third-order valence-corrected chi connectivity index (χ3v) is 4.39. The standard InChI is InChI=1S/C14H24N4O/c1-14(2)8-4-3-5-11(14)16-13-18-17-12(19-13)9-15-10-6-7-10/h10-11,15H,3-9H2,1-2H3,(H,16,18). The number of hydrogen-bond acceptors (Lipinski definition) is 5. The molecule has 0 bridgehead atoms. The van der Waals surface area contributed by atoms with Gasteiger partial charge in [-0.3, -0.25) is 0 Å². The number of rotatable bonds is 5. The summed E-state index contributed by atoms with van der Waals surface area (Å²) in [5.74, 6) is 0.683. The van der Waals surface area contributed by atoms with Crippen molar-refractivity contribution in [3.8, 4) is 0 Å². The monoisotopic (exact) mass is 264 g/mol. The molecule has 0 spiro atoms. The smallest absolute Gasteiger partial charge is 0.315 e. The fraction of sp³-hybridized carbons (Fsp3) is 0.857. The van der Waals surface area contributed by atoms with Crippen LogP contribution in [0.25, 0.3) is 0 Å². The van der Waals surface area contributed by atoms with Crippen LogP contribution in [0.2, 0.25) is 0 Å². The molecular formula is C14H24N4O. The molecule has 1 aromatic heterocycles. The summed E-state index contributed by atoms with van der Waals surface area (Å²) in [5, 5.41) is 15.0. The third kappa shape index (κ3) is 3.26. The predicted octanol–water partition coefficient (Wildman–Crippen LogP) is 2.70. The Bertz CT molecular complexity index is 425. The van der Waals surface area contributed by atoms with Crippen molar-refractivity contribution in [3.05, 3.63) is 5.89 Å². The molecule has 5 nitrogen and oxygen atoms in total. The number of nitrogens with one attached hydrogen (secondary N) is 2. The van der Waals surface area contributed by atoms with E-state index in [-0.39, 0.29) is 0 Å². The molecule has 2 fully saturated rings. The second-order valence-electron chi connectivity index (χ2n) is 6.59. The first kappa shape index (κ1) is 12.9. The van der Waals surface area contributed by atoms with Crippen LogP contribution in [0.15, 0.2) is 4.42 Å². The van der Waals surface area contributed by atoms with E-state index in [2.05, 4.69) is 34.7 Å². The molecule has 19 heavy (non-hydrogen) atoms. The highest BCUT2D eigenvalue weighted by Gasteiger charge is 2.33.